The Balaban J connectivity index is 1.58. The molecule has 0 spiro atoms. The molecule has 1 aromatic carbocycles. The molecule has 4 nitrogen and oxygen atoms in total. The minimum Gasteiger partial charge on any atom is -0.323 e. The Hall–Kier alpha value is -1.92. The van der Waals surface area contributed by atoms with Crippen molar-refractivity contribution in [2.45, 2.75) is 13.0 Å². The molecule has 1 N–H and O–H groups in total. The predicted octanol–water partition coefficient (Wildman–Crippen LogP) is 3.94. The van der Waals surface area contributed by atoms with Gasteiger partial charge in [0, 0.05) is 15.5 Å². The van der Waals surface area contributed by atoms with Crippen LogP contribution in [0.4, 0.5) is 5.69 Å². The molecule has 0 aliphatic carbocycles. The summed E-state index contributed by atoms with van der Waals surface area (Å²) in [6.45, 7) is 0.675. The average Bonchev–Trinajstić information content (AvgIpc) is 3.14. The maximum Gasteiger partial charge on any atom is 0.229 e. The van der Waals surface area contributed by atoms with Gasteiger partial charge in [-0.3, -0.25) is 9.48 Å². The Morgan fingerprint density at radius 3 is 2.82 bits per heavy atom. The van der Waals surface area contributed by atoms with E-state index in [1.54, 1.807) is 17.5 Å². The van der Waals surface area contributed by atoms with Crippen LogP contribution in [-0.4, -0.2) is 15.7 Å². The molecule has 0 unspecified atom stereocenters. The maximum absolute atomic E-state index is 11.9. The molecule has 0 aliphatic heterocycles. The molecule has 3 aromatic rings. The third kappa shape index (κ3) is 4.05. The van der Waals surface area contributed by atoms with E-state index in [1.807, 2.05) is 52.7 Å². The standard InChI is InChI=1S/C16H14BrN3OS/c17-13-5-3-12(4-6-13)10-20-11-14(9-18-20)19-16(21)8-15-2-1-7-22-15/h1-7,9,11H,8,10H2,(H,19,21). The molecule has 2 heterocycles. The molecule has 0 aliphatic rings. The minimum absolute atomic E-state index is 0.0226. The van der Waals surface area contributed by atoms with E-state index in [4.69, 9.17) is 0 Å². The van der Waals surface area contributed by atoms with Gasteiger partial charge >= 0.3 is 0 Å². The number of hydrogen-bond acceptors (Lipinski definition) is 3. The molecular weight excluding hydrogens is 362 g/mol. The van der Waals surface area contributed by atoms with Crippen molar-refractivity contribution < 1.29 is 4.79 Å². The number of aromatic nitrogens is 2. The summed E-state index contributed by atoms with van der Waals surface area (Å²) in [5.41, 5.74) is 1.88. The van der Waals surface area contributed by atoms with E-state index < -0.39 is 0 Å². The Bertz CT molecular complexity index is 750. The van der Waals surface area contributed by atoms with Crippen LogP contribution in [0.15, 0.2) is 58.6 Å². The van der Waals surface area contributed by atoms with Gasteiger partial charge in [-0.25, -0.2) is 0 Å². The van der Waals surface area contributed by atoms with Crippen LogP contribution < -0.4 is 5.32 Å². The zero-order chi connectivity index (χ0) is 15.4. The zero-order valence-electron chi connectivity index (χ0n) is 11.7. The van der Waals surface area contributed by atoms with Gasteiger partial charge in [-0.2, -0.15) is 5.10 Å². The fourth-order valence-corrected chi connectivity index (χ4v) is 3.04. The highest BCUT2D eigenvalue weighted by atomic mass is 79.9. The first-order chi connectivity index (χ1) is 10.7. The van der Waals surface area contributed by atoms with Gasteiger partial charge in [0.15, 0.2) is 0 Å². The molecule has 0 fully saturated rings. The third-order valence-corrected chi connectivity index (χ3v) is 4.49. The predicted molar refractivity (Wildman–Crippen MR) is 92.1 cm³/mol. The molecule has 2 aromatic heterocycles. The minimum atomic E-state index is -0.0226. The van der Waals surface area contributed by atoms with Gasteiger partial charge in [0.2, 0.25) is 5.91 Å². The van der Waals surface area contributed by atoms with Crippen molar-refractivity contribution in [2.75, 3.05) is 5.32 Å². The van der Waals surface area contributed by atoms with Crippen LogP contribution in [0.3, 0.4) is 0 Å². The average molecular weight is 376 g/mol. The van der Waals surface area contributed by atoms with Gasteiger partial charge in [0.05, 0.1) is 24.8 Å². The van der Waals surface area contributed by atoms with E-state index in [2.05, 4.69) is 26.3 Å². The summed E-state index contributed by atoms with van der Waals surface area (Å²) in [4.78, 5) is 13.0. The van der Waals surface area contributed by atoms with Crippen LogP contribution in [0.25, 0.3) is 0 Å². The SMILES string of the molecule is O=C(Cc1cccs1)Nc1cnn(Cc2ccc(Br)cc2)c1. The summed E-state index contributed by atoms with van der Waals surface area (Å²) in [5.74, 6) is -0.0226. The van der Waals surface area contributed by atoms with Crippen molar-refractivity contribution in [3.05, 3.63) is 69.1 Å². The van der Waals surface area contributed by atoms with Crippen LogP contribution >= 0.6 is 27.3 Å². The van der Waals surface area contributed by atoms with E-state index in [9.17, 15) is 4.79 Å². The van der Waals surface area contributed by atoms with Crippen LogP contribution in [0.5, 0.6) is 0 Å². The number of carbonyl (C=O) groups excluding carboxylic acids is 1. The summed E-state index contributed by atoms with van der Waals surface area (Å²) >= 11 is 5.00. The number of rotatable bonds is 5. The molecular formula is C16H14BrN3OS. The second-order valence-electron chi connectivity index (χ2n) is 4.86. The molecule has 112 valence electrons. The molecule has 1 amide bonds. The Kier molecular flexibility index (Phi) is 4.70. The highest BCUT2D eigenvalue weighted by Crippen LogP contribution is 2.14. The Morgan fingerprint density at radius 1 is 1.27 bits per heavy atom. The smallest absolute Gasteiger partial charge is 0.229 e. The number of carbonyl (C=O) groups is 1. The number of hydrogen-bond donors (Lipinski definition) is 1. The molecule has 6 heteroatoms. The normalized spacial score (nSPS) is 10.6. The van der Waals surface area contributed by atoms with Crippen molar-refractivity contribution in [2.24, 2.45) is 0 Å². The second kappa shape index (κ2) is 6.89. The molecule has 0 radical (unpaired) electrons. The largest absolute Gasteiger partial charge is 0.323 e. The van der Waals surface area contributed by atoms with Crippen molar-refractivity contribution >= 4 is 38.9 Å². The monoisotopic (exact) mass is 375 g/mol. The lowest BCUT2D eigenvalue weighted by Crippen LogP contribution is -2.13. The summed E-state index contributed by atoms with van der Waals surface area (Å²) in [5, 5.41) is 9.12. The number of nitrogens with zero attached hydrogens (tertiary/aromatic N) is 2. The highest BCUT2D eigenvalue weighted by molar-refractivity contribution is 9.10. The number of anilines is 1. The number of amides is 1. The number of halogens is 1. The first-order valence-electron chi connectivity index (χ1n) is 6.78. The van der Waals surface area contributed by atoms with E-state index in [1.165, 1.54) is 0 Å². The van der Waals surface area contributed by atoms with Gasteiger partial charge in [0.1, 0.15) is 0 Å². The van der Waals surface area contributed by atoms with Crippen LogP contribution in [0.1, 0.15) is 10.4 Å². The summed E-state index contributed by atoms with van der Waals surface area (Å²) < 4.78 is 2.86. The number of benzene rings is 1. The molecule has 22 heavy (non-hydrogen) atoms. The van der Waals surface area contributed by atoms with E-state index in [0.717, 1.165) is 20.6 Å². The molecule has 0 bridgehead atoms. The molecule has 0 saturated carbocycles. The van der Waals surface area contributed by atoms with Crippen LogP contribution in [-0.2, 0) is 17.8 Å². The lowest BCUT2D eigenvalue weighted by Gasteiger charge is -2.02. The lowest BCUT2D eigenvalue weighted by molar-refractivity contribution is -0.115. The van der Waals surface area contributed by atoms with Crippen molar-refractivity contribution in [1.82, 2.24) is 9.78 Å². The zero-order valence-corrected chi connectivity index (χ0v) is 14.1. The topological polar surface area (TPSA) is 46.9 Å². The first kappa shape index (κ1) is 15.0. The maximum atomic E-state index is 11.9. The van der Waals surface area contributed by atoms with E-state index in [-0.39, 0.29) is 5.91 Å². The molecule has 0 atom stereocenters. The Morgan fingerprint density at radius 2 is 2.09 bits per heavy atom. The third-order valence-electron chi connectivity index (χ3n) is 3.09. The van der Waals surface area contributed by atoms with Crippen molar-refractivity contribution in [3.8, 4) is 0 Å². The van der Waals surface area contributed by atoms with Gasteiger partial charge < -0.3 is 5.32 Å². The molecule has 3 rings (SSSR count). The fraction of sp³-hybridized carbons (Fsp3) is 0.125. The van der Waals surface area contributed by atoms with Crippen molar-refractivity contribution in [1.29, 1.82) is 0 Å². The van der Waals surface area contributed by atoms with Gasteiger partial charge in [-0.1, -0.05) is 34.1 Å². The summed E-state index contributed by atoms with van der Waals surface area (Å²) in [6.07, 6.45) is 3.91. The number of nitrogens with one attached hydrogen (secondary N) is 1. The van der Waals surface area contributed by atoms with Gasteiger partial charge in [-0.15, -0.1) is 11.3 Å². The first-order valence-corrected chi connectivity index (χ1v) is 8.45. The fourth-order valence-electron chi connectivity index (χ4n) is 2.07. The number of thiophene rings is 1. The Labute approximate surface area is 140 Å². The van der Waals surface area contributed by atoms with Crippen LogP contribution in [0, 0.1) is 0 Å². The highest BCUT2D eigenvalue weighted by Gasteiger charge is 2.07. The van der Waals surface area contributed by atoms with Gasteiger partial charge in [0.25, 0.3) is 0 Å². The van der Waals surface area contributed by atoms with E-state index >= 15 is 0 Å². The summed E-state index contributed by atoms with van der Waals surface area (Å²) in [6, 6.07) is 12.0. The van der Waals surface area contributed by atoms with Crippen LogP contribution in [0.2, 0.25) is 0 Å². The van der Waals surface area contributed by atoms with Crippen molar-refractivity contribution in [3.63, 3.8) is 0 Å². The van der Waals surface area contributed by atoms with E-state index in [0.29, 0.717) is 13.0 Å². The molecule has 0 saturated heterocycles. The lowest BCUT2D eigenvalue weighted by atomic mass is 10.2. The van der Waals surface area contributed by atoms with Gasteiger partial charge in [-0.05, 0) is 29.1 Å². The second-order valence-corrected chi connectivity index (χ2v) is 6.81. The summed E-state index contributed by atoms with van der Waals surface area (Å²) in [7, 11) is 0. The quantitative estimate of drug-likeness (QED) is 0.733.